The van der Waals surface area contributed by atoms with Crippen LogP contribution >= 0.6 is 0 Å². The van der Waals surface area contributed by atoms with E-state index in [4.69, 9.17) is 11.0 Å². The Hall–Kier alpha value is -3.07. The van der Waals surface area contributed by atoms with Crippen LogP contribution in [0.2, 0.25) is 0 Å². The molecule has 2 amide bonds. The molecule has 3 N–H and O–H groups in total. The number of nitrogens with one attached hydrogen (secondary N) is 1. The van der Waals surface area contributed by atoms with E-state index in [-0.39, 0.29) is 11.1 Å². The Labute approximate surface area is 129 Å². The van der Waals surface area contributed by atoms with E-state index in [9.17, 15) is 9.59 Å². The molecular weight excluding hydrogens is 280 g/mol. The lowest BCUT2D eigenvalue weighted by atomic mass is 10.1. The number of para-hydroxylation sites is 1. The first-order chi connectivity index (χ1) is 10.4. The Kier molecular flexibility index (Phi) is 5.90. The summed E-state index contributed by atoms with van der Waals surface area (Å²) in [7, 11) is 3.52. The minimum Gasteiger partial charge on any atom is -0.381 e. The van der Waals surface area contributed by atoms with Crippen LogP contribution in [0.3, 0.4) is 0 Å². The smallest absolute Gasteiger partial charge is 0.259 e. The molecule has 0 saturated heterocycles. The lowest BCUT2D eigenvalue weighted by Crippen LogP contribution is -2.21. The number of primary amides is 1. The number of nitriles is 1. The molecule has 0 atom stereocenters. The quantitative estimate of drug-likeness (QED) is 0.487. The predicted molar refractivity (Wildman–Crippen MR) is 84.3 cm³/mol. The standard InChI is InChI=1S/C16H18N4O2/c1-11(20(2)3)14(9-12(10-17)15(18)21)16(22)19-13-7-5-4-6-8-13/h4-9H,1-3H3,(H2,18,21)(H,19,22)/b12-9+,14-11-. The first-order valence-corrected chi connectivity index (χ1v) is 6.53. The van der Waals surface area contributed by atoms with Crippen molar-refractivity contribution in [3.05, 3.63) is 53.3 Å². The first kappa shape index (κ1) is 17.0. The van der Waals surface area contributed by atoms with Gasteiger partial charge in [-0.3, -0.25) is 9.59 Å². The van der Waals surface area contributed by atoms with E-state index in [0.717, 1.165) is 0 Å². The zero-order valence-corrected chi connectivity index (χ0v) is 12.8. The fraction of sp³-hybridized carbons (Fsp3) is 0.188. The van der Waals surface area contributed by atoms with Crippen LogP contribution in [-0.4, -0.2) is 30.8 Å². The van der Waals surface area contributed by atoms with E-state index in [0.29, 0.717) is 11.4 Å². The van der Waals surface area contributed by atoms with E-state index in [2.05, 4.69) is 5.32 Å². The third-order valence-corrected chi connectivity index (χ3v) is 3.01. The van der Waals surface area contributed by atoms with Crippen molar-refractivity contribution in [1.82, 2.24) is 4.90 Å². The van der Waals surface area contributed by atoms with Crippen molar-refractivity contribution in [2.24, 2.45) is 5.73 Å². The minimum atomic E-state index is -0.876. The molecule has 0 aliphatic heterocycles. The summed E-state index contributed by atoms with van der Waals surface area (Å²) in [6, 6.07) is 10.6. The molecule has 22 heavy (non-hydrogen) atoms. The molecule has 6 heteroatoms. The predicted octanol–water partition coefficient (Wildman–Crippen LogP) is 1.40. The van der Waals surface area contributed by atoms with Crippen LogP contribution < -0.4 is 11.1 Å². The fourth-order valence-corrected chi connectivity index (χ4v) is 1.60. The average Bonchev–Trinajstić information content (AvgIpc) is 2.48. The molecule has 0 spiro atoms. The molecule has 0 fully saturated rings. The highest BCUT2D eigenvalue weighted by Crippen LogP contribution is 2.14. The molecule has 0 unspecified atom stereocenters. The van der Waals surface area contributed by atoms with Gasteiger partial charge in [-0.15, -0.1) is 0 Å². The number of rotatable bonds is 5. The summed E-state index contributed by atoms with van der Waals surface area (Å²) in [4.78, 5) is 25.3. The molecule has 0 radical (unpaired) electrons. The highest BCUT2D eigenvalue weighted by molar-refractivity contribution is 6.08. The number of amides is 2. The van der Waals surface area contributed by atoms with E-state index < -0.39 is 11.8 Å². The maximum absolute atomic E-state index is 12.4. The molecule has 6 nitrogen and oxygen atoms in total. The van der Waals surface area contributed by atoms with E-state index in [1.54, 1.807) is 56.3 Å². The van der Waals surface area contributed by atoms with Gasteiger partial charge < -0.3 is 16.0 Å². The maximum Gasteiger partial charge on any atom is 0.259 e. The van der Waals surface area contributed by atoms with Crippen molar-refractivity contribution in [2.75, 3.05) is 19.4 Å². The molecule has 1 rings (SSSR count). The monoisotopic (exact) mass is 298 g/mol. The van der Waals surface area contributed by atoms with Crippen LogP contribution in [0.15, 0.2) is 53.3 Å². The highest BCUT2D eigenvalue weighted by Gasteiger charge is 2.15. The number of carbonyl (C=O) groups excluding carboxylic acids is 2. The Morgan fingerprint density at radius 1 is 1.27 bits per heavy atom. The second-order valence-electron chi connectivity index (χ2n) is 4.75. The van der Waals surface area contributed by atoms with Gasteiger partial charge in [0.05, 0.1) is 5.57 Å². The summed E-state index contributed by atoms with van der Waals surface area (Å²) in [5.74, 6) is -1.30. The molecule has 1 aromatic rings. The topological polar surface area (TPSA) is 99.2 Å². The lowest BCUT2D eigenvalue weighted by Gasteiger charge is -2.17. The number of hydrogen-bond acceptors (Lipinski definition) is 4. The zero-order chi connectivity index (χ0) is 16.7. The van der Waals surface area contributed by atoms with Crippen molar-refractivity contribution >= 4 is 17.5 Å². The summed E-state index contributed by atoms with van der Waals surface area (Å²) in [6.07, 6.45) is 1.20. The fourth-order valence-electron chi connectivity index (χ4n) is 1.60. The number of allylic oxidation sites excluding steroid dienone is 1. The summed E-state index contributed by atoms with van der Waals surface area (Å²) < 4.78 is 0. The number of benzene rings is 1. The SMILES string of the molecule is C/C(=C(\C=C(/C#N)C(N)=O)C(=O)Nc1ccccc1)N(C)C. The van der Waals surface area contributed by atoms with Crippen LogP contribution in [-0.2, 0) is 9.59 Å². The highest BCUT2D eigenvalue weighted by atomic mass is 16.2. The Bertz CT molecular complexity index is 667. The summed E-state index contributed by atoms with van der Waals surface area (Å²) in [6.45, 7) is 1.71. The number of hydrogen-bond donors (Lipinski definition) is 2. The number of carbonyl (C=O) groups is 2. The van der Waals surface area contributed by atoms with Gasteiger partial charge in [0.1, 0.15) is 11.6 Å². The van der Waals surface area contributed by atoms with Crippen LogP contribution in [0.25, 0.3) is 0 Å². The van der Waals surface area contributed by atoms with E-state index in [1.165, 1.54) is 6.08 Å². The van der Waals surface area contributed by atoms with Gasteiger partial charge in [0, 0.05) is 25.5 Å². The lowest BCUT2D eigenvalue weighted by molar-refractivity contribution is -0.114. The third kappa shape index (κ3) is 4.49. The second kappa shape index (κ2) is 7.64. The number of nitrogens with zero attached hydrogens (tertiary/aromatic N) is 2. The van der Waals surface area contributed by atoms with Gasteiger partial charge in [0.2, 0.25) is 0 Å². The van der Waals surface area contributed by atoms with Gasteiger partial charge in [-0.25, -0.2) is 0 Å². The van der Waals surface area contributed by atoms with Gasteiger partial charge >= 0.3 is 0 Å². The van der Waals surface area contributed by atoms with Crippen LogP contribution in [0, 0.1) is 11.3 Å². The Balaban J connectivity index is 3.23. The minimum absolute atomic E-state index is 0.198. The van der Waals surface area contributed by atoms with Crippen molar-refractivity contribution in [3.8, 4) is 6.07 Å². The average molecular weight is 298 g/mol. The summed E-state index contributed by atoms with van der Waals surface area (Å²) in [5.41, 5.74) is 6.26. The molecule has 1 aromatic carbocycles. The largest absolute Gasteiger partial charge is 0.381 e. The van der Waals surface area contributed by atoms with Crippen LogP contribution in [0.4, 0.5) is 5.69 Å². The molecule has 0 saturated carbocycles. The van der Waals surface area contributed by atoms with Crippen LogP contribution in [0.5, 0.6) is 0 Å². The van der Waals surface area contributed by atoms with Gasteiger partial charge in [-0.2, -0.15) is 5.26 Å². The van der Waals surface area contributed by atoms with Crippen molar-refractivity contribution < 1.29 is 9.59 Å². The molecule has 0 aliphatic rings. The van der Waals surface area contributed by atoms with Gasteiger partial charge in [-0.05, 0) is 25.1 Å². The van der Waals surface area contributed by atoms with Crippen LogP contribution in [0.1, 0.15) is 6.92 Å². The third-order valence-electron chi connectivity index (χ3n) is 3.01. The zero-order valence-electron chi connectivity index (χ0n) is 12.8. The normalized spacial score (nSPS) is 12.0. The second-order valence-corrected chi connectivity index (χ2v) is 4.75. The van der Waals surface area contributed by atoms with Crippen molar-refractivity contribution in [1.29, 1.82) is 5.26 Å². The number of nitrogens with two attached hydrogens (primary N) is 1. The van der Waals surface area contributed by atoms with Crippen molar-refractivity contribution in [3.63, 3.8) is 0 Å². The van der Waals surface area contributed by atoms with Gasteiger partial charge in [-0.1, -0.05) is 18.2 Å². The molecule has 0 aromatic heterocycles. The Morgan fingerprint density at radius 2 is 1.86 bits per heavy atom. The molecule has 0 bridgehead atoms. The maximum atomic E-state index is 12.4. The summed E-state index contributed by atoms with van der Waals surface area (Å²) in [5, 5.41) is 11.7. The molecule has 0 aliphatic carbocycles. The van der Waals surface area contributed by atoms with Gasteiger partial charge in [0.15, 0.2) is 0 Å². The van der Waals surface area contributed by atoms with E-state index >= 15 is 0 Å². The van der Waals surface area contributed by atoms with Gasteiger partial charge in [0.25, 0.3) is 11.8 Å². The molecular formula is C16H18N4O2. The first-order valence-electron chi connectivity index (χ1n) is 6.53. The van der Waals surface area contributed by atoms with E-state index in [1.807, 2.05) is 6.07 Å². The van der Waals surface area contributed by atoms with Crippen molar-refractivity contribution in [2.45, 2.75) is 6.92 Å². The molecule has 114 valence electrons. The summed E-state index contributed by atoms with van der Waals surface area (Å²) >= 11 is 0. The number of anilines is 1. The Morgan fingerprint density at radius 3 is 2.32 bits per heavy atom. The molecule has 0 heterocycles.